The van der Waals surface area contributed by atoms with E-state index in [1.807, 2.05) is 0 Å². The van der Waals surface area contributed by atoms with Gasteiger partial charge in [0.05, 0.1) is 0 Å². The molecular formula is C14H20N2. The van der Waals surface area contributed by atoms with Gasteiger partial charge < -0.3 is 4.90 Å². The first-order chi connectivity index (χ1) is 7.74. The molecule has 1 aromatic carbocycles. The maximum absolute atomic E-state index is 2.57. The van der Waals surface area contributed by atoms with Gasteiger partial charge in [0.15, 0.2) is 0 Å². The molecule has 2 bridgehead atoms. The van der Waals surface area contributed by atoms with E-state index in [0.29, 0.717) is 0 Å². The van der Waals surface area contributed by atoms with Gasteiger partial charge in [0, 0.05) is 30.9 Å². The zero-order chi connectivity index (χ0) is 11.1. The van der Waals surface area contributed by atoms with Gasteiger partial charge in [-0.1, -0.05) is 17.7 Å². The van der Waals surface area contributed by atoms with Crippen molar-refractivity contribution in [2.24, 2.45) is 0 Å². The smallest absolute Gasteiger partial charge is 0.0367 e. The number of benzene rings is 1. The average Bonchev–Trinajstić information content (AvgIpc) is 2.54. The summed E-state index contributed by atoms with van der Waals surface area (Å²) in [6.07, 6.45) is 2.76. The lowest BCUT2D eigenvalue weighted by Gasteiger charge is -2.40. The van der Waals surface area contributed by atoms with E-state index in [4.69, 9.17) is 0 Å². The number of aryl methyl sites for hydroxylation is 1. The molecule has 86 valence electrons. The van der Waals surface area contributed by atoms with Crippen molar-refractivity contribution in [3.8, 4) is 0 Å². The van der Waals surface area contributed by atoms with E-state index in [1.165, 1.54) is 37.2 Å². The van der Waals surface area contributed by atoms with Crippen molar-refractivity contribution in [1.82, 2.24) is 4.90 Å². The first kappa shape index (κ1) is 10.2. The quantitative estimate of drug-likeness (QED) is 0.710. The summed E-state index contributed by atoms with van der Waals surface area (Å²) in [6.45, 7) is 4.56. The minimum absolute atomic E-state index is 0.778. The van der Waals surface area contributed by atoms with Crippen LogP contribution in [0, 0.1) is 6.92 Å². The molecule has 0 amide bonds. The van der Waals surface area contributed by atoms with Crippen LogP contribution in [-0.4, -0.2) is 37.1 Å². The Hall–Kier alpha value is -1.02. The fraction of sp³-hybridized carbons (Fsp3) is 0.571. The molecular weight excluding hydrogens is 196 g/mol. The molecule has 0 radical (unpaired) electrons. The van der Waals surface area contributed by atoms with Crippen LogP contribution in [0.25, 0.3) is 0 Å². The highest BCUT2D eigenvalue weighted by Gasteiger charge is 2.37. The van der Waals surface area contributed by atoms with Crippen LogP contribution in [0.15, 0.2) is 24.3 Å². The van der Waals surface area contributed by atoms with Gasteiger partial charge in [-0.25, -0.2) is 0 Å². The molecule has 2 heteroatoms. The zero-order valence-electron chi connectivity index (χ0n) is 10.2. The standard InChI is InChI=1S/C14H20N2/c1-11-3-5-12(6-4-11)16-9-13-7-8-14(10-16)15(13)2/h3-6,13-14H,7-10H2,1-2H3. The van der Waals surface area contributed by atoms with E-state index >= 15 is 0 Å². The first-order valence-electron chi connectivity index (χ1n) is 6.27. The van der Waals surface area contributed by atoms with Crippen LogP contribution in [0.1, 0.15) is 18.4 Å². The summed E-state index contributed by atoms with van der Waals surface area (Å²) in [5, 5.41) is 0. The van der Waals surface area contributed by atoms with Gasteiger partial charge in [-0.3, -0.25) is 4.90 Å². The topological polar surface area (TPSA) is 6.48 Å². The molecule has 2 aliphatic heterocycles. The van der Waals surface area contributed by atoms with Crippen molar-refractivity contribution in [2.75, 3.05) is 25.0 Å². The van der Waals surface area contributed by atoms with Crippen molar-refractivity contribution in [3.63, 3.8) is 0 Å². The number of piperazine rings is 1. The van der Waals surface area contributed by atoms with Crippen molar-refractivity contribution < 1.29 is 0 Å². The normalized spacial score (nSPS) is 29.8. The minimum Gasteiger partial charge on any atom is -0.368 e. The lowest BCUT2D eigenvalue weighted by atomic mass is 10.1. The predicted molar refractivity (Wildman–Crippen MR) is 68.0 cm³/mol. The molecule has 2 nitrogen and oxygen atoms in total. The van der Waals surface area contributed by atoms with Crippen molar-refractivity contribution in [1.29, 1.82) is 0 Å². The molecule has 0 spiro atoms. The molecule has 2 unspecified atom stereocenters. The van der Waals surface area contributed by atoms with E-state index in [-0.39, 0.29) is 0 Å². The number of nitrogens with zero attached hydrogens (tertiary/aromatic N) is 2. The largest absolute Gasteiger partial charge is 0.368 e. The van der Waals surface area contributed by atoms with E-state index in [0.717, 1.165) is 12.1 Å². The lowest BCUT2D eigenvalue weighted by molar-refractivity contribution is 0.212. The Morgan fingerprint density at radius 1 is 1.00 bits per heavy atom. The lowest BCUT2D eigenvalue weighted by Crippen LogP contribution is -2.52. The van der Waals surface area contributed by atoms with Crippen molar-refractivity contribution >= 4 is 5.69 Å². The van der Waals surface area contributed by atoms with Crippen molar-refractivity contribution in [2.45, 2.75) is 31.8 Å². The first-order valence-corrected chi connectivity index (χ1v) is 6.27. The highest BCUT2D eigenvalue weighted by atomic mass is 15.3. The van der Waals surface area contributed by atoms with Gasteiger partial charge in [0.25, 0.3) is 0 Å². The highest BCUT2D eigenvalue weighted by molar-refractivity contribution is 5.48. The molecule has 2 atom stereocenters. The van der Waals surface area contributed by atoms with Crippen LogP contribution >= 0.6 is 0 Å². The van der Waals surface area contributed by atoms with E-state index in [9.17, 15) is 0 Å². The predicted octanol–water partition coefficient (Wildman–Crippen LogP) is 2.28. The van der Waals surface area contributed by atoms with Crippen LogP contribution in [0.2, 0.25) is 0 Å². The number of anilines is 1. The Kier molecular flexibility index (Phi) is 2.40. The number of fused-ring (bicyclic) bond motifs is 2. The number of hydrogen-bond donors (Lipinski definition) is 0. The Morgan fingerprint density at radius 2 is 1.56 bits per heavy atom. The fourth-order valence-corrected chi connectivity index (χ4v) is 3.08. The Bertz CT molecular complexity index is 357. The number of rotatable bonds is 1. The minimum atomic E-state index is 0.778. The summed E-state index contributed by atoms with van der Waals surface area (Å²) in [5.74, 6) is 0. The summed E-state index contributed by atoms with van der Waals surface area (Å²) in [4.78, 5) is 5.13. The molecule has 0 aliphatic carbocycles. The summed E-state index contributed by atoms with van der Waals surface area (Å²) >= 11 is 0. The molecule has 2 saturated heterocycles. The van der Waals surface area contributed by atoms with Crippen LogP contribution in [-0.2, 0) is 0 Å². The molecule has 0 aromatic heterocycles. The summed E-state index contributed by atoms with van der Waals surface area (Å²) in [6, 6.07) is 10.5. The van der Waals surface area contributed by atoms with Gasteiger partial charge in [-0.2, -0.15) is 0 Å². The summed E-state index contributed by atoms with van der Waals surface area (Å²) in [5.41, 5.74) is 2.75. The summed E-state index contributed by atoms with van der Waals surface area (Å²) in [7, 11) is 2.29. The zero-order valence-corrected chi connectivity index (χ0v) is 10.2. The van der Waals surface area contributed by atoms with E-state index in [1.54, 1.807) is 0 Å². The molecule has 2 heterocycles. The molecule has 1 aromatic rings. The van der Waals surface area contributed by atoms with Gasteiger partial charge in [0.1, 0.15) is 0 Å². The average molecular weight is 216 g/mol. The molecule has 0 saturated carbocycles. The molecule has 2 aliphatic rings. The molecule has 16 heavy (non-hydrogen) atoms. The van der Waals surface area contributed by atoms with E-state index in [2.05, 4.69) is 48.0 Å². The Labute approximate surface area is 97.9 Å². The maximum atomic E-state index is 2.57. The maximum Gasteiger partial charge on any atom is 0.0367 e. The summed E-state index contributed by atoms with van der Waals surface area (Å²) < 4.78 is 0. The van der Waals surface area contributed by atoms with E-state index < -0.39 is 0 Å². The van der Waals surface area contributed by atoms with Crippen LogP contribution < -0.4 is 4.90 Å². The molecule has 2 fully saturated rings. The second kappa shape index (κ2) is 3.77. The third-order valence-electron chi connectivity index (χ3n) is 4.25. The van der Waals surface area contributed by atoms with Crippen LogP contribution in [0.4, 0.5) is 5.69 Å². The second-order valence-corrected chi connectivity index (χ2v) is 5.29. The van der Waals surface area contributed by atoms with Crippen LogP contribution in [0.3, 0.4) is 0 Å². The van der Waals surface area contributed by atoms with Crippen LogP contribution in [0.5, 0.6) is 0 Å². The van der Waals surface area contributed by atoms with Gasteiger partial charge in [-0.15, -0.1) is 0 Å². The number of hydrogen-bond acceptors (Lipinski definition) is 2. The highest BCUT2D eigenvalue weighted by Crippen LogP contribution is 2.31. The Morgan fingerprint density at radius 3 is 2.12 bits per heavy atom. The Balaban J connectivity index is 1.80. The van der Waals surface area contributed by atoms with Gasteiger partial charge in [-0.05, 0) is 38.9 Å². The monoisotopic (exact) mass is 216 g/mol. The van der Waals surface area contributed by atoms with Gasteiger partial charge >= 0.3 is 0 Å². The fourth-order valence-electron chi connectivity index (χ4n) is 3.08. The number of likely N-dealkylation sites (N-methyl/N-ethyl adjacent to an activating group) is 1. The third-order valence-corrected chi connectivity index (χ3v) is 4.25. The second-order valence-electron chi connectivity index (χ2n) is 5.29. The molecule has 3 rings (SSSR count). The van der Waals surface area contributed by atoms with Gasteiger partial charge in [0.2, 0.25) is 0 Å². The third kappa shape index (κ3) is 1.61. The van der Waals surface area contributed by atoms with Crippen molar-refractivity contribution in [3.05, 3.63) is 29.8 Å². The SMILES string of the molecule is Cc1ccc(N2CC3CCC(C2)N3C)cc1. The molecule has 0 N–H and O–H groups in total.